The molecule has 0 unspecified atom stereocenters. The van der Waals surface area contributed by atoms with Crippen LogP contribution in [0.1, 0.15) is 11.1 Å². The Hall–Kier alpha value is -1.84. The summed E-state index contributed by atoms with van der Waals surface area (Å²) in [5.41, 5.74) is 7.96. The molecule has 4 heteroatoms. The van der Waals surface area contributed by atoms with Crippen molar-refractivity contribution in [2.45, 2.75) is 13.5 Å². The molecule has 1 aliphatic rings. The molecule has 0 spiro atoms. The summed E-state index contributed by atoms with van der Waals surface area (Å²) in [6, 6.07) is 8.15. The van der Waals surface area contributed by atoms with Crippen LogP contribution in [-0.2, 0) is 11.3 Å². The van der Waals surface area contributed by atoms with Gasteiger partial charge in [0.05, 0.1) is 0 Å². The predicted octanol–water partition coefficient (Wildman–Crippen LogP) is 0.652. The van der Waals surface area contributed by atoms with Crippen molar-refractivity contribution in [3.63, 3.8) is 0 Å². The van der Waals surface area contributed by atoms with Gasteiger partial charge in [-0.15, -0.1) is 0 Å². The highest BCUT2D eigenvalue weighted by Crippen LogP contribution is 2.09. The Morgan fingerprint density at radius 3 is 2.60 bits per heavy atom. The van der Waals surface area contributed by atoms with Crippen LogP contribution >= 0.6 is 0 Å². The summed E-state index contributed by atoms with van der Waals surface area (Å²) in [4.78, 5) is 16.4. The number of hydrogen-bond donors (Lipinski definition) is 1. The predicted molar refractivity (Wildman–Crippen MR) is 58.2 cm³/mol. The van der Waals surface area contributed by atoms with Crippen LogP contribution in [0.25, 0.3) is 0 Å². The average Bonchev–Trinajstić information content (AvgIpc) is 2.49. The zero-order valence-corrected chi connectivity index (χ0v) is 8.60. The van der Waals surface area contributed by atoms with E-state index in [0.717, 1.165) is 5.56 Å². The van der Waals surface area contributed by atoms with Crippen LogP contribution < -0.4 is 5.73 Å². The van der Waals surface area contributed by atoms with Crippen molar-refractivity contribution in [1.29, 1.82) is 0 Å². The Kier molecular flexibility index (Phi) is 2.41. The molecule has 15 heavy (non-hydrogen) atoms. The molecule has 0 fully saturated rings. The second-order valence-corrected chi connectivity index (χ2v) is 3.71. The normalized spacial score (nSPS) is 15.7. The summed E-state index contributed by atoms with van der Waals surface area (Å²) in [5.74, 6) is 0.153. The second-order valence-electron chi connectivity index (χ2n) is 3.71. The van der Waals surface area contributed by atoms with Crippen LogP contribution in [0, 0.1) is 6.92 Å². The molecule has 1 heterocycles. The lowest BCUT2D eigenvalue weighted by atomic mass is 10.1. The highest BCUT2D eigenvalue weighted by molar-refractivity contribution is 5.99. The molecule has 0 saturated heterocycles. The van der Waals surface area contributed by atoms with Crippen molar-refractivity contribution in [3.05, 3.63) is 35.4 Å². The summed E-state index contributed by atoms with van der Waals surface area (Å²) in [6.07, 6.45) is 0. The first-order valence-corrected chi connectivity index (χ1v) is 4.82. The Bertz CT molecular complexity index is 408. The fourth-order valence-electron chi connectivity index (χ4n) is 1.53. The first-order valence-electron chi connectivity index (χ1n) is 4.82. The number of carbonyl (C=O) groups is 1. The number of guanidine groups is 1. The van der Waals surface area contributed by atoms with Gasteiger partial charge >= 0.3 is 0 Å². The van der Waals surface area contributed by atoms with E-state index in [9.17, 15) is 4.79 Å². The van der Waals surface area contributed by atoms with Crippen molar-refractivity contribution in [3.8, 4) is 0 Å². The molecule has 2 rings (SSSR count). The number of aryl methyl sites for hydroxylation is 1. The average molecular weight is 203 g/mol. The fraction of sp³-hybridized carbons (Fsp3) is 0.273. The monoisotopic (exact) mass is 203 g/mol. The standard InChI is InChI=1S/C11H13N3O/c1-8-2-4-9(5-3-8)6-14-7-10(15)13-11(14)12/h2-5H,6-7H2,1H3,(H2,12,13,15). The number of benzene rings is 1. The summed E-state index contributed by atoms with van der Waals surface area (Å²) in [7, 11) is 0. The van der Waals surface area contributed by atoms with Gasteiger partial charge in [-0.25, -0.2) is 0 Å². The number of carbonyl (C=O) groups excluding carboxylic acids is 1. The Labute approximate surface area is 88.4 Å². The number of aliphatic imine (C=N–C) groups is 1. The van der Waals surface area contributed by atoms with Crippen LogP contribution in [-0.4, -0.2) is 23.3 Å². The van der Waals surface area contributed by atoms with E-state index >= 15 is 0 Å². The molecule has 2 N–H and O–H groups in total. The molecule has 1 aromatic rings. The van der Waals surface area contributed by atoms with E-state index in [-0.39, 0.29) is 5.91 Å². The Morgan fingerprint density at radius 2 is 2.07 bits per heavy atom. The summed E-state index contributed by atoms with van der Waals surface area (Å²) in [6.45, 7) is 2.97. The van der Waals surface area contributed by atoms with Gasteiger partial charge in [0.2, 0.25) is 0 Å². The molecule has 4 nitrogen and oxygen atoms in total. The molecule has 0 aliphatic carbocycles. The van der Waals surface area contributed by atoms with Gasteiger partial charge in [0.15, 0.2) is 5.96 Å². The highest BCUT2D eigenvalue weighted by Gasteiger charge is 2.20. The topological polar surface area (TPSA) is 58.7 Å². The van der Waals surface area contributed by atoms with Crippen LogP contribution in [0.3, 0.4) is 0 Å². The molecule has 0 saturated carbocycles. The van der Waals surface area contributed by atoms with Crippen molar-refractivity contribution in [1.82, 2.24) is 4.90 Å². The molecule has 0 radical (unpaired) electrons. The lowest BCUT2D eigenvalue weighted by Gasteiger charge is -2.16. The number of hydrogen-bond acceptors (Lipinski definition) is 3. The Morgan fingerprint density at radius 1 is 1.40 bits per heavy atom. The largest absolute Gasteiger partial charge is 0.369 e. The van der Waals surface area contributed by atoms with Crippen molar-refractivity contribution < 1.29 is 4.79 Å². The minimum Gasteiger partial charge on any atom is -0.369 e. The lowest BCUT2D eigenvalue weighted by Crippen LogP contribution is -2.33. The minimum atomic E-state index is -0.167. The second kappa shape index (κ2) is 3.73. The van der Waals surface area contributed by atoms with Crippen LogP contribution in [0.15, 0.2) is 29.3 Å². The zero-order chi connectivity index (χ0) is 10.8. The van der Waals surface area contributed by atoms with Crippen molar-refractivity contribution >= 4 is 11.9 Å². The Balaban J connectivity index is 2.07. The quantitative estimate of drug-likeness (QED) is 0.767. The van der Waals surface area contributed by atoms with E-state index in [1.165, 1.54) is 5.56 Å². The maximum Gasteiger partial charge on any atom is 0.268 e. The van der Waals surface area contributed by atoms with Gasteiger partial charge in [-0.05, 0) is 12.5 Å². The lowest BCUT2D eigenvalue weighted by molar-refractivity contribution is -0.117. The summed E-state index contributed by atoms with van der Waals surface area (Å²) in [5, 5.41) is 0. The fourth-order valence-corrected chi connectivity index (χ4v) is 1.53. The van der Waals surface area contributed by atoms with Gasteiger partial charge in [-0.2, -0.15) is 4.99 Å². The molecule has 0 bridgehead atoms. The number of amides is 1. The van der Waals surface area contributed by atoms with Crippen LogP contribution in [0.5, 0.6) is 0 Å². The van der Waals surface area contributed by atoms with E-state index < -0.39 is 0 Å². The van der Waals surface area contributed by atoms with Gasteiger partial charge in [0, 0.05) is 6.54 Å². The van der Waals surface area contributed by atoms with Crippen molar-refractivity contribution in [2.24, 2.45) is 10.7 Å². The maximum atomic E-state index is 11.0. The smallest absolute Gasteiger partial charge is 0.268 e. The molecular weight excluding hydrogens is 190 g/mol. The summed E-state index contributed by atoms with van der Waals surface area (Å²) < 4.78 is 0. The molecule has 1 aromatic carbocycles. The number of nitrogens with two attached hydrogens (primary N) is 1. The third-order valence-corrected chi connectivity index (χ3v) is 2.38. The highest BCUT2D eigenvalue weighted by atomic mass is 16.2. The van der Waals surface area contributed by atoms with E-state index in [2.05, 4.69) is 4.99 Å². The molecule has 0 atom stereocenters. The zero-order valence-electron chi connectivity index (χ0n) is 8.60. The minimum absolute atomic E-state index is 0.167. The van der Waals surface area contributed by atoms with E-state index in [0.29, 0.717) is 19.0 Å². The third-order valence-electron chi connectivity index (χ3n) is 2.38. The van der Waals surface area contributed by atoms with E-state index in [1.807, 2.05) is 31.2 Å². The molecule has 78 valence electrons. The van der Waals surface area contributed by atoms with Gasteiger partial charge < -0.3 is 10.6 Å². The first kappa shape index (κ1) is 9.71. The van der Waals surface area contributed by atoms with E-state index in [1.54, 1.807) is 4.90 Å². The van der Waals surface area contributed by atoms with Gasteiger partial charge in [-0.1, -0.05) is 29.8 Å². The van der Waals surface area contributed by atoms with Crippen LogP contribution in [0.2, 0.25) is 0 Å². The number of nitrogens with zero attached hydrogens (tertiary/aromatic N) is 2. The number of rotatable bonds is 2. The van der Waals surface area contributed by atoms with Crippen LogP contribution in [0.4, 0.5) is 0 Å². The molecular formula is C11H13N3O. The molecule has 1 aliphatic heterocycles. The summed E-state index contributed by atoms with van der Waals surface area (Å²) >= 11 is 0. The molecule has 0 aromatic heterocycles. The van der Waals surface area contributed by atoms with Gasteiger partial charge in [-0.3, -0.25) is 4.79 Å². The van der Waals surface area contributed by atoms with Gasteiger partial charge in [0.1, 0.15) is 6.54 Å². The van der Waals surface area contributed by atoms with Crippen molar-refractivity contribution in [2.75, 3.05) is 6.54 Å². The maximum absolute atomic E-state index is 11.0. The van der Waals surface area contributed by atoms with Gasteiger partial charge in [0.25, 0.3) is 5.91 Å². The SMILES string of the molecule is Cc1ccc(CN2CC(=O)N=C2N)cc1. The third kappa shape index (κ3) is 2.15. The molecule has 1 amide bonds. The first-order chi connectivity index (χ1) is 7.15. The van der Waals surface area contributed by atoms with E-state index in [4.69, 9.17) is 5.73 Å².